The maximum absolute atomic E-state index is 11.8. The summed E-state index contributed by atoms with van der Waals surface area (Å²) in [6, 6.07) is 11.5. The molecule has 0 aliphatic heterocycles. The fourth-order valence-electron chi connectivity index (χ4n) is 3.91. The Bertz CT molecular complexity index is 1690. The molecule has 0 fully saturated rings. The highest BCUT2D eigenvalue weighted by molar-refractivity contribution is 5.96. The molecule has 6 aromatic rings. The predicted molar refractivity (Wildman–Crippen MR) is 132 cm³/mol. The number of nitrogens with zero attached hydrogens (tertiary/aromatic N) is 6. The second-order valence-electron chi connectivity index (χ2n) is 7.91. The third-order valence-electron chi connectivity index (χ3n) is 5.64. The summed E-state index contributed by atoms with van der Waals surface area (Å²) < 4.78 is 0. The zero-order chi connectivity index (χ0) is 23.8. The molecular weight excluding hydrogens is 442 g/mol. The minimum Gasteiger partial charge on any atom is -0.325 e. The van der Waals surface area contributed by atoms with Gasteiger partial charge in [-0.05, 0) is 30.3 Å². The summed E-state index contributed by atoms with van der Waals surface area (Å²) in [5.74, 6) is 0.501. The van der Waals surface area contributed by atoms with Gasteiger partial charge in [-0.25, -0.2) is 15.0 Å². The van der Waals surface area contributed by atoms with Gasteiger partial charge in [0.25, 0.3) is 0 Å². The fourth-order valence-corrected chi connectivity index (χ4v) is 3.91. The molecule has 0 aromatic carbocycles. The number of amides is 1. The molecule has 0 unspecified atom stereocenters. The Labute approximate surface area is 198 Å². The maximum Gasteiger partial charge on any atom is 0.224 e. The van der Waals surface area contributed by atoms with Crippen molar-refractivity contribution in [2.24, 2.45) is 0 Å². The standard InChI is InChI=1S/C25H19N9O/c1-2-20(35)30-16-9-14(11-26-13-16)15-10-18-22(33-34-23(18)29-12-15)25-31-21-17(6-8-28-24(21)32-25)19-5-3-4-7-27-19/h3-13H,2H2,1H3,(H,30,35)(H,28,31,32)(H,29,33,34). The van der Waals surface area contributed by atoms with E-state index in [1.165, 1.54) is 0 Å². The van der Waals surface area contributed by atoms with Crippen LogP contribution in [0, 0.1) is 0 Å². The molecule has 0 aliphatic rings. The lowest BCUT2D eigenvalue weighted by molar-refractivity contribution is -0.115. The molecule has 0 saturated carbocycles. The Morgan fingerprint density at radius 1 is 0.971 bits per heavy atom. The molecule has 6 rings (SSSR count). The highest BCUT2D eigenvalue weighted by atomic mass is 16.1. The Balaban J connectivity index is 1.43. The second kappa shape index (κ2) is 8.41. The van der Waals surface area contributed by atoms with Gasteiger partial charge in [0.2, 0.25) is 5.91 Å². The smallest absolute Gasteiger partial charge is 0.224 e. The van der Waals surface area contributed by atoms with Gasteiger partial charge in [-0.2, -0.15) is 5.10 Å². The van der Waals surface area contributed by atoms with Crippen LogP contribution in [0.15, 0.2) is 67.4 Å². The van der Waals surface area contributed by atoms with E-state index in [1.54, 1.807) is 37.9 Å². The van der Waals surface area contributed by atoms with E-state index in [-0.39, 0.29) is 5.91 Å². The minimum atomic E-state index is -0.0711. The number of imidazole rings is 1. The van der Waals surface area contributed by atoms with Crippen molar-refractivity contribution in [2.75, 3.05) is 5.32 Å². The van der Waals surface area contributed by atoms with Crippen LogP contribution in [0.4, 0.5) is 5.69 Å². The number of anilines is 1. The van der Waals surface area contributed by atoms with Crippen molar-refractivity contribution in [2.45, 2.75) is 13.3 Å². The Kier molecular flexibility index (Phi) is 4.95. The van der Waals surface area contributed by atoms with E-state index in [4.69, 9.17) is 4.98 Å². The van der Waals surface area contributed by atoms with E-state index in [9.17, 15) is 4.79 Å². The van der Waals surface area contributed by atoms with Gasteiger partial charge in [-0.1, -0.05) is 13.0 Å². The zero-order valence-corrected chi connectivity index (χ0v) is 18.6. The molecule has 35 heavy (non-hydrogen) atoms. The molecule has 0 radical (unpaired) electrons. The number of fused-ring (bicyclic) bond motifs is 2. The highest BCUT2D eigenvalue weighted by Crippen LogP contribution is 2.31. The summed E-state index contributed by atoms with van der Waals surface area (Å²) in [6.07, 6.45) is 8.97. The number of hydrogen-bond donors (Lipinski definition) is 3. The Hall–Kier alpha value is -4.99. The van der Waals surface area contributed by atoms with Crippen LogP contribution in [0.3, 0.4) is 0 Å². The Morgan fingerprint density at radius 2 is 1.89 bits per heavy atom. The number of aromatic nitrogens is 8. The van der Waals surface area contributed by atoms with Crippen LogP contribution in [0.1, 0.15) is 13.3 Å². The normalized spacial score (nSPS) is 11.2. The van der Waals surface area contributed by atoms with Gasteiger partial charge in [-0.3, -0.25) is 19.9 Å². The molecule has 0 saturated heterocycles. The molecule has 3 N–H and O–H groups in total. The van der Waals surface area contributed by atoms with Gasteiger partial charge in [0.1, 0.15) is 11.2 Å². The highest BCUT2D eigenvalue weighted by Gasteiger charge is 2.17. The lowest BCUT2D eigenvalue weighted by atomic mass is 10.1. The number of rotatable bonds is 5. The molecule has 6 heterocycles. The number of carbonyl (C=O) groups is 1. The molecular formula is C25H19N9O. The van der Waals surface area contributed by atoms with Crippen molar-refractivity contribution in [3.8, 4) is 33.9 Å². The first-order chi connectivity index (χ1) is 17.2. The van der Waals surface area contributed by atoms with E-state index in [0.29, 0.717) is 40.4 Å². The molecule has 0 atom stereocenters. The molecule has 1 amide bonds. The van der Waals surface area contributed by atoms with Crippen molar-refractivity contribution in [1.82, 2.24) is 40.1 Å². The van der Waals surface area contributed by atoms with Crippen LogP contribution in [-0.4, -0.2) is 46.0 Å². The summed E-state index contributed by atoms with van der Waals surface area (Å²) >= 11 is 0. The quantitative estimate of drug-likeness (QED) is 0.346. The lowest BCUT2D eigenvalue weighted by Crippen LogP contribution is -2.09. The van der Waals surface area contributed by atoms with Gasteiger partial charge >= 0.3 is 0 Å². The summed E-state index contributed by atoms with van der Waals surface area (Å²) in [6.45, 7) is 1.80. The fraction of sp³-hybridized carbons (Fsp3) is 0.0800. The first kappa shape index (κ1) is 20.6. The monoisotopic (exact) mass is 461 g/mol. The van der Waals surface area contributed by atoms with Crippen LogP contribution in [0.5, 0.6) is 0 Å². The first-order valence-corrected chi connectivity index (χ1v) is 11.1. The van der Waals surface area contributed by atoms with E-state index in [1.807, 2.05) is 36.4 Å². The van der Waals surface area contributed by atoms with Crippen LogP contribution < -0.4 is 5.32 Å². The molecule has 0 aliphatic carbocycles. The van der Waals surface area contributed by atoms with Crippen LogP contribution in [0.25, 0.3) is 56.1 Å². The molecule has 0 spiro atoms. The minimum absolute atomic E-state index is 0.0711. The molecule has 6 aromatic heterocycles. The van der Waals surface area contributed by atoms with Gasteiger partial charge in [0, 0.05) is 47.9 Å². The van der Waals surface area contributed by atoms with E-state index >= 15 is 0 Å². The van der Waals surface area contributed by atoms with Gasteiger partial charge < -0.3 is 10.3 Å². The molecule has 0 bridgehead atoms. The average Bonchev–Trinajstić information content (AvgIpc) is 3.53. The first-order valence-electron chi connectivity index (χ1n) is 11.1. The second-order valence-corrected chi connectivity index (χ2v) is 7.91. The van der Waals surface area contributed by atoms with Crippen molar-refractivity contribution < 1.29 is 4.79 Å². The summed E-state index contributed by atoms with van der Waals surface area (Å²) in [7, 11) is 0. The van der Waals surface area contributed by atoms with E-state index in [0.717, 1.165) is 27.8 Å². The molecule has 10 heteroatoms. The number of aromatic amines is 2. The van der Waals surface area contributed by atoms with Gasteiger partial charge in [-0.15, -0.1) is 0 Å². The van der Waals surface area contributed by atoms with Crippen molar-refractivity contribution in [3.63, 3.8) is 0 Å². The topological polar surface area (TPSA) is 138 Å². The average molecular weight is 461 g/mol. The van der Waals surface area contributed by atoms with Crippen LogP contribution in [0.2, 0.25) is 0 Å². The van der Waals surface area contributed by atoms with Crippen molar-refractivity contribution in [3.05, 3.63) is 67.4 Å². The summed E-state index contributed by atoms with van der Waals surface area (Å²) in [5, 5.41) is 11.1. The van der Waals surface area contributed by atoms with Crippen molar-refractivity contribution >= 4 is 33.8 Å². The van der Waals surface area contributed by atoms with E-state index < -0.39 is 0 Å². The number of nitrogens with one attached hydrogen (secondary N) is 3. The maximum atomic E-state index is 11.8. The number of H-pyrrole nitrogens is 2. The number of carbonyl (C=O) groups excluding carboxylic acids is 1. The lowest BCUT2D eigenvalue weighted by Gasteiger charge is -2.06. The van der Waals surface area contributed by atoms with Gasteiger partial charge in [0.05, 0.1) is 23.0 Å². The molecule has 170 valence electrons. The predicted octanol–water partition coefficient (Wildman–Crippen LogP) is 4.37. The largest absolute Gasteiger partial charge is 0.325 e. The zero-order valence-electron chi connectivity index (χ0n) is 18.6. The molecule has 10 nitrogen and oxygen atoms in total. The number of hydrogen-bond acceptors (Lipinski definition) is 7. The summed E-state index contributed by atoms with van der Waals surface area (Å²) in [4.78, 5) is 37.6. The van der Waals surface area contributed by atoms with Crippen LogP contribution in [-0.2, 0) is 4.79 Å². The van der Waals surface area contributed by atoms with Crippen molar-refractivity contribution in [1.29, 1.82) is 0 Å². The van der Waals surface area contributed by atoms with Gasteiger partial charge in [0.15, 0.2) is 17.1 Å². The Morgan fingerprint density at radius 3 is 2.74 bits per heavy atom. The SMILES string of the molecule is CCC(=O)Nc1cncc(-c2cnc3[nH]nc(-c4nc5c(-c6ccccn6)ccnc5[nH]4)c3c2)c1. The third kappa shape index (κ3) is 3.76. The number of pyridine rings is 4. The summed E-state index contributed by atoms with van der Waals surface area (Å²) in [5.41, 5.74) is 6.61. The van der Waals surface area contributed by atoms with E-state index in [2.05, 4.69) is 40.4 Å². The van der Waals surface area contributed by atoms with Crippen LogP contribution >= 0.6 is 0 Å². The third-order valence-corrected chi connectivity index (χ3v) is 5.64.